The van der Waals surface area contributed by atoms with Gasteiger partial charge < -0.3 is 11.1 Å². The van der Waals surface area contributed by atoms with Crippen LogP contribution in [0.3, 0.4) is 0 Å². The summed E-state index contributed by atoms with van der Waals surface area (Å²) in [5.74, 6) is 0.106. The summed E-state index contributed by atoms with van der Waals surface area (Å²) >= 11 is 11.5. The zero-order valence-corrected chi connectivity index (χ0v) is 10.8. The summed E-state index contributed by atoms with van der Waals surface area (Å²) in [7, 11) is 0. The predicted molar refractivity (Wildman–Crippen MR) is 68.2 cm³/mol. The minimum absolute atomic E-state index is 0.125. The van der Waals surface area contributed by atoms with Gasteiger partial charge in [-0.25, -0.2) is 9.97 Å². The molecule has 0 radical (unpaired) electrons. The van der Waals surface area contributed by atoms with Crippen LogP contribution in [-0.4, -0.2) is 22.4 Å². The number of carbonyl (C=O) groups excluding carboxylic acids is 1. The number of carbonyl (C=O) groups is 1. The van der Waals surface area contributed by atoms with E-state index in [0.717, 1.165) is 19.3 Å². The van der Waals surface area contributed by atoms with E-state index >= 15 is 0 Å². The van der Waals surface area contributed by atoms with Crippen LogP contribution in [0.1, 0.15) is 25.7 Å². The van der Waals surface area contributed by atoms with E-state index in [-0.39, 0.29) is 21.9 Å². The van der Waals surface area contributed by atoms with Gasteiger partial charge in [-0.2, -0.15) is 0 Å². The van der Waals surface area contributed by atoms with Crippen LogP contribution >= 0.6 is 23.2 Å². The maximum Gasteiger partial charge on any atom is 0.225 e. The molecule has 1 amide bonds. The van der Waals surface area contributed by atoms with Crippen molar-refractivity contribution >= 4 is 34.9 Å². The lowest BCUT2D eigenvalue weighted by Gasteiger charge is -2.06. The second kappa shape index (κ2) is 7.42. The molecular formula is C10H14Cl2N4O. The van der Waals surface area contributed by atoms with E-state index in [4.69, 9.17) is 28.9 Å². The second-order valence-corrected chi connectivity index (χ2v) is 4.21. The average molecular weight is 277 g/mol. The fourth-order valence-corrected chi connectivity index (χ4v) is 1.51. The number of nitrogens with one attached hydrogen (secondary N) is 1. The number of aromatic nitrogens is 2. The van der Waals surface area contributed by atoms with Crippen LogP contribution in [0.15, 0.2) is 6.33 Å². The smallest absolute Gasteiger partial charge is 0.225 e. The van der Waals surface area contributed by atoms with E-state index < -0.39 is 0 Å². The summed E-state index contributed by atoms with van der Waals surface area (Å²) in [4.78, 5) is 19.1. The molecule has 3 N–H and O–H groups in total. The van der Waals surface area contributed by atoms with E-state index in [1.165, 1.54) is 6.33 Å². The molecule has 5 nitrogen and oxygen atoms in total. The van der Waals surface area contributed by atoms with Gasteiger partial charge in [0.2, 0.25) is 5.91 Å². The Morgan fingerprint density at radius 3 is 2.76 bits per heavy atom. The Labute approximate surface area is 110 Å². The fraction of sp³-hybridized carbons (Fsp3) is 0.500. The SMILES string of the molecule is NCCCCCC(=O)Nc1ncnc(Cl)c1Cl. The molecule has 1 heterocycles. The highest BCUT2D eigenvalue weighted by Crippen LogP contribution is 2.25. The third kappa shape index (κ3) is 4.85. The number of nitrogens with zero attached hydrogens (tertiary/aromatic N) is 2. The molecule has 0 aliphatic heterocycles. The van der Waals surface area contributed by atoms with Gasteiger partial charge in [-0.05, 0) is 19.4 Å². The van der Waals surface area contributed by atoms with Crippen LogP contribution in [0.5, 0.6) is 0 Å². The first-order valence-electron chi connectivity index (χ1n) is 5.31. The Bertz CT molecular complexity index is 387. The highest BCUT2D eigenvalue weighted by atomic mass is 35.5. The first-order chi connectivity index (χ1) is 8.15. The Morgan fingerprint density at radius 2 is 2.06 bits per heavy atom. The van der Waals surface area contributed by atoms with E-state index in [1.807, 2.05) is 0 Å². The lowest BCUT2D eigenvalue weighted by atomic mass is 10.2. The number of hydrogen-bond acceptors (Lipinski definition) is 4. The van der Waals surface area contributed by atoms with Crippen molar-refractivity contribution in [3.63, 3.8) is 0 Å². The molecule has 94 valence electrons. The van der Waals surface area contributed by atoms with Crippen molar-refractivity contribution in [2.75, 3.05) is 11.9 Å². The van der Waals surface area contributed by atoms with Crippen LogP contribution < -0.4 is 11.1 Å². The minimum Gasteiger partial charge on any atom is -0.330 e. The number of amides is 1. The number of rotatable bonds is 6. The van der Waals surface area contributed by atoms with E-state index in [2.05, 4.69) is 15.3 Å². The van der Waals surface area contributed by atoms with Crippen molar-refractivity contribution in [1.82, 2.24) is 9.97 Å². The fourth-order valence-electron chi connectivity index (χ4n) is 1.24. The monoisotopic (exact) mass is 276 g/mol. The Morgan fingerprint density at radius 1 is 1.29 bits per heavy atom. The van der Waals surface area contributed by atoms with Gasteiger partial charge >= 0.3 is 0 Å². The number of hydrogen-bond donors (Lipinski definition) is 2. The molecule has 0 unspecified atom stereocenters. The highest BCUT2D eigenvalue weighted by Gasteiger charge is 2.10. The summed E-state index contributed by atoms with van der Waals surface area (Å²) in [6.45, 7) is 0.648. The maximum atomic E-state index is 11.5. The molecule has 1 rings (SSSR count). The summed E-state index contributed by atoms with van der Waals surface area (Å²) < 4.78 is 0. The zero-order valence-electron chi connectivity index (χ0n) is 9.25. The van der Waals surface area contributed by atoms with Crippen molar-refractivity contribution in [3.8, 4) is 0 Å². The van der Waals surface area contributed by atoms with Gasteiger partial charge in [-0.1, -0.05) is 29.6 Å². The molecule has 0 spiro atoms. The first kappa shape index (κ1) is 14.2. The van der Waals surface area contributed by atoms with Gasteiger partial charge in [-0.15, -0.1) is 0 Å². The van der Waals surface area contributed by atoms with E-state index in [0.29, 0.717) is 13.0 Å². The third-order valence-corrected chi connectivity index (χ3v) is 2.85. The molecule has 0 aliphatic carbocycles. The van der Waals surface area contributed by atoms with Crippen molar-refractivity contribution in [3.05, 3.63) is 16.5 Å². The lowest BCUT2D eigenvalue weighted by molar-refractivity contribution is -0.116. The van der Waals surface area contributed by atoms with Crippen LogP contribution in [0.25, 0.3) is 0 Å². The van der Waals surface area contributed by atoms with Gasteiger partial charge in [0, 0.05) is 6.42 Å². The first-order valence-corrected chi connectivity index (χ1v) is 6.06. The Hall–Kier alpha value is -0.910. The van der Waals surface area contributed by atoms with Crippen LogP contribution in [0.4, 0.5) is 5.82 Å². The lowest BCUT2D eigenvalue weighted by Crippen LogP contribution is -2.13. The van der Waals surface area contributed by atoms with Crippen LogP contribution in [0, 0.1) is 0 Å². The minimum atomic E-state index is -0.140. The maximum absolute atomic E-state index is 11.5. The number of unbranched alkanes of at least 4 members (excludes halogenated alkanes) is 2. The highest BCUT2D eigenvalue weighted by molar-refractivity contribution is 6.42. The molecule has 1 aromatic rings. The van der Waals surface area contributed by atoms with Crippen LogP contribution in [0.2, 0.25) is 10.2 Å². The largest absolute Gasteiger partial charge is 0.330 e. The summed E-state index contributed by atoms with van der Waals surface area (Å²) in [5, 5.41) is 2.87. The molecule has 0 saturated carbocycles. The average Bonchev–Trinajstić information content (AvgIpc) is 2.31. The van der Waals surface area contributed by atoms with Crippen molar-refractivity contribution in [2.24, 2.45) is 5.73 Å². The number of anilines is 1. The van der Waals surface area contributed by atoms with Crippen LogP contribution in [-0.2, 0) is 4.79 Å². The molecule has 17 heavy (non-hydrogen) atoms. The Balaban J connectivity index is 2.43. The number of halogens is 2. The normalized spacial score (nSPS) is 10.3. The molecule has 0 atom stereocenters. The van der Waals surface area contributed by atoms with Gasteiger partial charge in [0.25, 0.3) is 0 Å². The van der Waals surface area contributed by atoms with E-state index in [1.54, 1.807) is 0 Å². The summed E-state index contributed by atoms with van der Waals surface area (Å²) in [5.41, 5.74) is 5.36. The third-order valence-electron chi connectivity index (χ3n) is 2.11. The number of nitrogens with two attached hydrogens (primary N) is 1. The van der Waals surface area contributed by atoms with Gasteiger partial charge in [0.15, 0.2) is 11.0 Å². The van der Waals surface area contributed by atoms with Gasteiger partial charge in [0.1, 0.15) is 11.3 Å². The van der Waals surface area contributed by atoms with Crippen molar-refractivity contribution in [2.45, 2.75) is 25.7 Å². The predicted octanol–water partition coefficient (Wildman–Crippen LogP) is 2.24. The molecule has 1 aromatic heterocycles. The van der Waals surface area contributed by atoms with Gasteiger partial charge in [-0.3, -0.25) is 4.79 Å². The molecule has 0 bridgehead atoms. The summed E-state index contributed by atoms with van der Waals surface area (Å²) in [6, 6.07) is 0. The molecule has 0 saturated heterocycles. The quantitative estimate of drug-likeness (QED) is 0.617. The van der Waals surface area contributed by atoms with E-state index in [9.17, 15) is 4.79 Å². The van der Waals surface area contributed by atoms with Crippen molar-refractivity contribution in [1.29, 1.82) is 0 Å². The molecule has 0 aliphatic rings. The Kier molecular flexibility index (Phi) is 6.18. The zero-order chi connectivity index (χ0) is 12.7. The molecular weight excluding hydrogens is 263 g/mol. The van der Waals surface area contributed by atoms with Crippen molar-refractivity contribution < 1.29 is 4.79 Å². The van der Waals surface area contributed by atoms with Gasteiger partial charge in [0.05, 0.1) is 0 Å². The summed E-state index contributed by atoms with van der Waals surface area (Å²) in [6.07, 6.45) is 4.31. The molecule has 7 heteroatoms. The standard InChI is InChI=1S/C10H14Cl2N4O/c11-8-9(12)14-6-15-10(8)16-7(17)4-2-1-3-5-13/h6H,1-5,13H2,(H,14,15,16,17). The topological polar surface area (TPSA) is 80.9 Å². The molecule has 0 fully saturated rings. The molecule has 0 aromatic carbocycles. The second-order valence-electron chi connectivity index (χ2n) is 3.47.